The van der Waals surface area contributed by atoms with Crippen molar-refractivity contribution in [2.45, 2.75) is 13.8 Å². The maximum atomic E-state index is 11.3. The third kappa shape index (κ3) is 2.47. The average Bonchev–Trinajstić information content (AvgIpc) is 2.28. The maximum Gasteiger partial charge on any atom is 0.286 e. The first-order valence-corrected chi connectivity index (χ1v) is 5.24. The Morgan fingerprint density at radius 3 is 2.35 bits per heavy atom. The van der Waals surface area contributed by atoms with Gasteiger partial charge in [-0.15, -0.1) is 4.73 Å². The summed E-state index contributed by atoms with van der Waals surface area (Å²) in [6.07, 6.45) is 0. The zero-order valence-electron chi connectivity index (χ0n) is 9.68. The number of aryl methyl sites for hydroxylation is 2. The van der Waals surface area contributed by atoms with Crippen molar-refractivity contribution < 1.29 is 9.94 Å². The lowest BCUT2D eigenvalue weighted by molar-refractivity contribution is 0.147. The Morgan fingerprint density at radius 2 is 1.71 bits per heavy atom. The molecule has 2 rings (SSSR count). The van der Waals surface area contributed by atoms with E-state index in [1.807, 2.05) is 19.1 Å². The van der Waals surface area contributed by atoms with Crippen LogP contribution in [0.5, 0.6) is 11.6 Å². The third-order valence-electron chi connectivity index (χ3n) is 2.36. The van der Waals surface area contributed by atoms with Crippen LogP contribution in [0.2, 0.25) is 0 Å². The van der Waals surface area contributed by atoms with Gasteiger partial charge in [-0.2, -0.15) is 0 Å². The summed E-state index contributed by atoms with van der Waals surface area (Å²) in [4.78, 5) is 11.3. The fourth-order valence-electron chi connectivity index (χ4n) is 1.46. The highest BCUT2D eigenvalue weighted by Crippen LogP contribution is 2.20. The predicted octanol–water partition coefficient (Wildman–Crippen LogP) is 2.49. The van der Waals surface area contributed by atoms with E-state index in [1.165, 1.54) is 6.07 Å². The SMILES string of the molecule is Cc1ccc(Oc2cc(C)cc(=O)n2O)cc1. The van der Waals surface area contributed by atoms with Crippen LogP contribution in [0.3, 0.4) is 0 Å². The van der Waals surface area contributed by atoms with Gasteiger partial charge in [0.25, 0.3) is 5.56 Å². The molecule has 88 valence electrons. The predicted molar refractivity (Wildman–Crippen MR) is 63.9 cm³/mol. The van der Waals surface area contributed by atoms with Gasteiger partial charge in [-0.25, -0.2) is 0 Å². The van der Waals surface area contributed by atoms with Gasteiger partial charge in [-0.3, -0.25) is 4.79 Å². The molecule has 1 N–H and O–H groups in total. The number of hydrogen-bond donors (Lipinski definition) is 1. The second-order valence-electron chi connectivity index (χ2n) is 3.94. The summed E-state index contributed by atoms with van der Waals surface area (Å²) < 4.78 is 5.93. The van der Waals surface area contributed by atoms with Crippen LogP contribution in [0.1, 0.15) is 11.1 Å². The molecule has 4 nitrogen and oxygen atoms in total. The van der Waals surface area contributed by atoms with Crippen molar-refractivity contribution in [1.29, 1.82) is 0 Å². The van der Waals surface area contributed by atoms with Crippen molar-refractivity contribution >= 4 is 0 Å². The van der Waals surface area contributed by atoms with E-state index >= 15 is 0 Å². The average molecular weight is 231 g/mol. The van der Waals surface area contributed by atoms with E-state index in [0.29, 0.717) is 10.5 Å². The Labute approximate surface area is 98.7 Å². The third-order valence-corrected chi connectivity index (χ3v) is 2.36. The van der Waals surface area contributed by atoms with Crippen LogP contribution in [0.15, 0.2) is 41.2 Å². The Bertz CT molecular complexity index is 585. The molecule has 1 aromatic carbocycles. The number of aromatic nitrogens is 1. The Hall–Kier alpha value is -2.23. The second kappa shape index (κ2) is 4.33. The van der Waals surface area contributed by atoms with Crippen molar-refractivity contribution in [2.75, 3.05) is 0 Å². The highest BCUT2D eigenvalue weighted by Gasteiger charge is 2.06. The van der Waals surface area contributed by atoms with Gasteiger partial charge in [0.05, 0.1) is 0 Å². The molecule has 4 heteroatoms. The van der Waals surface area contributed by atoms with Gasteiger partial charge in [0.15, 0.2) is 0 Å². The summed E-state index contributed by atoms with van der Waals surface area (Å²) in [6, 6.07) is 10.3. The number of benzene rings is 1. The molecule has 0 amide bonds. The second-order valence-corrected chi connectivity index (χ2v) is 3.94. The van der Waals surface area contributed by atoms with Gasteiger partial charge < -0.3 is 9.94 Å². The smallest absolute Gasteiger partial charge is 0.286 e. The van der Waals surface area contributed by atoms with E-state index in [2.05, 4.69) is 0 Å². The summed E-state index contributed by atoms with van der Waals surface area (Å²) >= 11 is 0. The van der Waals surface area contributed by atoms with E-state index in [1.54, 1.807) is 25.1 Å². The molecule has 2 aromatic rings. The lowest BCUT2D eigenvalue weighted by atomic mass is 10.2. The topological polar surface area (TPSA) is 51.5 Å². The first kappa shape index (κ1) is 11.3. The quantitative estimate of drug-likeness (QED) is 0.808. The maximum absolute atomic E-state index is 11.3. The van der Waals surface area contributed by atoms with E-state index in [4.69, 9.17) is 4.74 Å². The minimum absolute atomic E-state index is 0.110. The van der Waals surface area contributed by atoms with Crippen molar-refractivity contribution in [3.8, 4) is 11.6 Å². The molecule has 0 spiro atoms. The lowest BCUT2D eigenvalue weighted by Crippen LogP contribution is -2.18. The monoisotopic (exact) mass is 231 g/mol. The van der Waals surface area contributed by atoms with Crippen molar-refractivity contribution in [3.05, 3.63) is 57.9 Å². The standard InChI is InChI=1S/C13H13NO3/c1-9-3-5-11(6-4-9)17-13-8-10(2)7-12(15)14(13)16/h3-8,16H,1-2H3. The fourth-order valence-corrected chi connectivity index (χ4v) is 1.46. The zero-order chi connectivity index (χ0) is 12.4. The zero-order valence-corrected chi connectivity index (χ0v) is 9.68. The fraction of sp³-hybridized carbons (Fsp3) is 0.154. The number of pyridine rings is 1. The highest BCUT2D eigenvalue weighted by atomic mass is 16.6. The molecule has 1 heterocycles. The minimum atomic E-state index is -0.507. The first-order valence-electron chi connectivity index (χ1n) is 5.24. The first-order chi connectivity index (χ1) is 8.06. The van der Waals surface area contributed by atoms with Gasteiger partial charge in [-0.1, -0.05) is 17.7 Å². The summed E-state index contributed by atoms with van der Waals surface area (Å²) in [7, 11) is 0. The van der Waals surface area contributed by atoms with Crippen molar-refractivity contribution in [3.63, 3.8) is 0 Å². The molecule has 0 saturated heterocycles. The van der Waals surface area contributed by atoms with Gasteiger partial charge in [0.1, 0.15) is 5.75 Å². The molecule has 0 saturated carbocycles. The van der Waals surface area contributed by atoms with Gasteiger partial charge in [0, 0.05) is 12.1 Å². The van der Waals surface area contributed by atoms with E-state index in [-0.39, 0.29) is 5.88 Å². The highest BCUT2D eigenvalue weighted by molar-refractivity contribution is 5.31. The lowest BCUT2D eigenvalue weighted by Gasteiger charge is -2.09. The number of nitrogens with zero attached hydrogens (tertiary/aromatic N) is 1. The largest absolute Gasteiger partial charge is 0.438 e. The van der Waals surface area contributed by atoms with Gasteiger partial charge in [0.2, 0.25) is 5.88 Å². The van der Waals surface area contributed by atoms with Crippen LogP contribution in [-0.4, -0.2) is 9.94 Å². The molecular formula is C13H13NO3. The summed E-state index contributed by atoms with van der Waals surface area (Å²) in [5.41, 5.74) is 1.34. The van der Waals surface area contributed by atoms with Gasteiger partial charge >= 0.3 is 0 Å². The molecule has 0 aliphatic carbocycles. The van der Waals surface area contributed by atoms with Crippen LogP contribution < -0.4 is 10.3 Å². The van der Waals surface area contributed by atoms with Crippen LogP contribution in [0.4, 0.5) is 0 Å². The molecule has 0 radical (unpaired) electrons. The van der Waals surface area contributed by atoms with Crippen molar-refractivity contribution in [2.24, 2.45) is 0 Å². The Kier molecular flexibility index (Phi) is 2.87. The van der Waals surface area contributed by atoms with E-state index in [0.717, 1.165) is 11.1 Å². The summed E-state index contributed by atoms with van der Waals surface area (Å²) in [5.74, 6) is 0.683. The van der Waals surface area contributed by atoms with Crippen LogP contribution >= 0.6 is 0 Å². The molecule has 17 heavy (non-hydrogen) atoms. The number of hydrogen-bond acceptors (Lipinski definition) is 3. The molecular weight excluding hydrogens is 218 g/mol. The molecule has 0 atom stereocenters. The van der Waals surface area contributed by atoms with E-state index < -0.39 is 5.56 Å². The molecule has 0 unspecified atom stereocenters. The van der Waals surface area contributed by atoms with E-state index in [9.17, 15) is 10.0 Å². The normalized spacial score (nSPS) is 10.2. The van der Waals surface area contributed by atoms with Gasteiger partial charge in [-0.05, 0) is 31.5 Å². The number of ether oxygens (including phenoxy) is 1. The van der Waals surface area contributed by atoms with Crippen LogP contribution in [0, 0.1) is 13.8 Å². The minimum Gasteiger partial charge on any atom is -0.438 e. The summed E-state index contributed by atoms with van der Waals surface area (Å²) in [5, 5.41) is 9.52. The molecule has 1 aromatic heterocycles. The summed E-state index contributed by atoms with van der Waals surface area (Å²) in [6.45, 7) is 3.74. The molecule has 0 aliphatic heterocycles. The van der Waals surface area contributed by atoms with Crippen LogP contribution in [0.25, 0.3) is 0 Å². The van der Waals surface area contributed by atoms with Crippen LogP contribution in [-0.2, 0) is 0 Å². The Morgan fingerprint density at radius 1 is 1.06 bits per heavy atom. The Balaban J connectivity index is 2.36. The number of rotatable bonds is 2. The molecule has 0 aliphatic rings. The molecule has 0 bridgehead atoms. The van der Waals surface area contributed by atoms with Crippen molar-refractivity contribution in [1.82, 2.24) is 4.73 Å². The molecule has 0 fully saturated rings.